The number of rotatable bonds is 1. The maximum Gasteiger partial charge on any atom is 0.177 e. The van der Waals surface area contributed by atoms with E-state index in [9.17, 15) is 0 Å². The predicted octanol–water partition coefficient (Wildman–Crippen LogP) is 2.33. The lowest BCUT2D eigenvalue weighted by atomic mass is 9.76. The lowest BCUT2D eigenvalue weighted by Crippen LogP contribution is -2.43. The Kier molecular flexibility index (Phi) is 2.63. The van der Waals surface area contributed by atoms with Gasteiger partial charge in [-0.1, -0.05) is 19.8 Å². The van der Waals surface area contributed by atoms with Crippen LogP contribution >= 0.6 is 0 Å². The summed E-state index contributed by atoms with van der Waals surface area (Å²) in [6, 6.07) is 3.99. The molecule has 2 aromatic heterocycles. The molecular formula is C14H20N4. The summed E-state index contributed by atoms with van der Waals surface area (Å²) in [5.74, 6) is 1.67. The van der Waals surface area contributed by atoms with Gasteiger partial charge in [-0.3, -0.25) is 0 Å². The Bertz CT molecular complexity index is 574. The largest absolute Gasteiger partial charge is 0.328 e. The molecule has 0 amide bonds. The van der Waals surface area contributed by atoms with Crippen molar-refractivity contribution in [3.05, 3.63) is 24.2 Å². The van der Waals surface area contributed by atoms with Crippen molar-refractivity contribution in [3.63, 3.8) is 0 Å². The van der Waals surface area contributed by atoms with Crippen molar-refractivity contribution in [1.29, 1.82) is 0 Å². The van der Waals surface area contributed by atoms with Gasteiger partial charge in [0.2, 0.25) is 0 Å². The summed E-state index contributed by atoms with van der Waals surface area (Å²) in [6.07, 6.45) is 6.29. The van der Waals surface area contributed by atoms with Crippen LogP contribution in [0.1, 0.15) is 38.4 Å². The van der Waals surface area contributed by atoms with E-state index in [4.69, 9.17) is 5.73 Å². The molecule has 2 unspecified atom stereocenters. The van der Waals surface area contributed by atoms with Crippen LogP contribution in [-0.4, -0.2) is 14.5 Å². The monoisotopic (exact) mass is 244 g/mol. The number of imidazole rings is 1. The molecule has 0 radical (unpaired) electrons. The lowest BCUT2D eigenvalue weighted by Gasteiger charge is -2.36. The minimum Gasteiger partial charge on any atom is -0.328 e. The minimum absolute atomic E-state index is 0.285. The topological polar surface area (TPSA) is 56.7 Å². The summed E-state index contributed by atoms with van der Waals surface area (Å²) in [5, 5.41) is 0. The highest BCUT2D eigenvalue weighted by atomic mass is 15.1. The van der Waals surface area contributed by atoms with Crippen LogP contribution in [0, 0.1) is 5.92 Å². The molecule has 18 heavy (non-hydrogen) atoms. The van der Waals surface area contributed by atoms with E-state index in [0.29, 0.717) is 5.92 Å². The van der Waals surface area contributed by atoms with Gasteiger partial charge in [0.05, 0.1) is 11.1 Å². The van der Waals surface area contributed by atoms with Gasteiger partial charge >= 0.3 is 0 Å². The van der Waals surface area contributed by atoms with Gasteiger partial charge in [0.1, 0.15) is 5.82 Å². The molecule has 1 aliphatic carbocycles. The zero-order valence-electron chi connectivity index (χ0n) is 11.1. The molecule has 1 fully saturated rings. The van der Waals surface area contributed by atoms with Crippen LogP contribution < -0.4 is 5.73 Å². The number of aromatic nitrogens is 3. The number of aryl methyl sites for hydroxylation is 1. The smallest absolute Gasteiger partial charge is 0.177 e. The Labute approximate surface area is 107 Å². The molecule has 2 heterocycles. The molecule has 1 aliphatic rings. The second kappa shape index (κ2) is 4.05. The van der Waals surface area contributed by atoms with E-state index in [1.165, 1.54) is 12.8 Å². The van der Waals surface area contributed by atoms with Crippen molar-refractivity contribution in [2.75, 3.05) is 0 Å². The summed E-state index contributed by atoms with van der Waals surface area (Å²) >= 11 is 0. The highest BCUT2D eigenvalue weighted by molar-refractivity contribution is 5.71. The van der Waals surface area contributed by atoms with Gasteiger partial charge in [-0.25, -0.2) is 9.97 Å². The van der Waals surface area contributed by atoms with Gasteiger partial charge in [0.15, 0.2) is 5.65 Å². The van der Waals surface area contributed by atoms with Crippen molar-refractivity contribution < 1.29 is 0 Å². The zero-order chi connectivity index (χ0) is 12.8. The first kappa shape index (κ1) is 11.7. The number of hydrogen-bond acceptors (Lipinski definition) is 3. The third kappa shape index (κ3) is 1.72. The Morgan fingerprint density at radius 1 is 1.50 bits per heavy atom. The van der Waals surface area contributed by atoms with Crippen molar-refractivity contribution >= 4 is 11.2 Å². The summed E-state index contributed by atoms with van der Waals surface area (Å²) in [6.45, 7) is 2.28. The predicted molar refractivity (Wildman–Crippen MR) is 72.0 cm³/mol. The summed E-state index contributed by atoms with van der Waals surface area (Å²) in [4.78, 5) is 8.99. The van der Waals surface area contributed by atoms with Crippen LogP contribution in [0.4, 0.5) is 0 Å². The normalized spacial score (nSPS) is 28.7. The molecule has 0 spiro atoms. The summed E-state index contributed by atoms with van der Waals surface area (Å²) < 4.78 is 2.11. The molecule has 2 aromatic rings. The Morgan fingerprint density at radius 3 is 3.06 bits per heavy atom. The highest BCUT2D eigenvalue weighted by Gasteiger charge is 2.36. The van der Waals surface area contributed by atoms with Crippen LogP contribution in [0.15, 0.2) is 18.3 Å². The van der Waals surface area contributed by atoms with E-state index in [2.05, 4.69) is 27.5 Å². The van der Waals surface area contributed by atoms with Gasteiger partial charge in [-0.15, -0.1) is 0 Å². The van der Waals surface area contributed by atoms with Gasteiger partial charge in [-0.2, -0.15) is 0 Å². The molecule has 2 atom stereocenters. The third-order valence-corrected chi connectivity index (χ3v) is 4.13. The fourth-order valence-electron chi connectivity index (χ4n) is 3.27. The van der Waals surface area contributed by atoms with Crippen LogP contribution in [0.2, 0.25) is 0 Å². The Hall–Kier alpha value is -1.42. The van der Waals surface area contributed by atoms with E-state index < -0.39 is 0 Å². The fraction of sp³-hybridized carbons (Fsp3) is 0.571. The number of hydrogen-bond donors (Lipinski definition) is 1. The zero-order valence-corrected chi connectivity index (χ0v) is 11.1. The molecular weight excluding hydrogens is 224 g/mol. The minimum atomic E-state index is -0.285. The van der Waals surface area contributed by atoms with Crippen molar-refractivity contribution in [1.82, 2.24) is 14.5 Å². The van der Waals surface area contributed by atoms with Gasteiger partial charge in [0, 0.05) is 13.2 Å². The van der Waals surface area contributed by atoms with Crippen molar-refractivity contribution in [2.45, 2.75) is 38.1 Å². The van der Waals surface area contributed by atoms with Gasteiger partial charge in [-0.05, 0) is 30.9 Å². The van der Waals surface area contributed by atoms with Crippen LogP contribution in [0.3, 0.4) is 0 Å². The first-order chi connectivity index (χ1) is 8.60. The second-order valence-electron chi connectivity index (χ2n) is 5.70. The third-order valence-electron chi connectivity index (χ3n) is 4.13. The standard InChI is InChI=1S/C14H20N4/c1-10-5-3-7-14(15,9-10)13-17-12-11(18(13)2)6-4-8-16-12/h4,6,8,10H,3,5,7,9,15H2,1-2H3. The maximum atomic E-state index is 6.62. The van der Waals surface area contributed by atoms with Gasteiger partial charge < -0.3 is 10.3 Å². The van der Waals surface area contributed by atoms with E-state index in [1.54, 1.807) is 6.20 Å². The first-order valence-corrected chi connectivity index (χ1v) is 6.67. The van der Waals surface area contributed by atoms with Crippen molar-refractivity contribution in [3.8, 4) is 0 Å². The Balaban J connectivity index is 2.10. The van der Waals surface area contributed by atoms with Crippen LogP contribution in [0.5, 0.6) is 0 Å². The molecule has 0 aromatic carbocycles. The molecule has 2 N–H and O–H groups in total. The summed E-state index contributed by atoms with van der Waals surface area (Å²) in [5.41, 5.74) is 8.21. The summed E-state index contributed by atoms with van der Waals surface area (Å²) in [7, 11) is 2.04. The molecule has 0 saturated heterocycles. The number of nitrogens with zero attached hydrogens (tertiary/aromatic N) is 3. The average molecular weight is 244 g/mol. The number of nitrogens with two attached hydrogens (primary N) is 1. The van der Waals surface area contributed by atoms with Crippen molar-refractivity contribution in [2.24, 2.45) is 18.7 Å². The molecule has 4 nitrogen and oxygen atoms in total. The molecule has 96 valence electrons. The fourth-order valence-corrected chi connectivity index (χ4v) is 3.27. The number of fused-ring (bicyclic) bond motifs is 1. The quantitative estimate of drug-likeness (QED) is 0.837. The first-order valence-electron chi connectivity index (χ1n) is 6.67. The maximum absolute atomic E-state index is 6.62. The highest BCUT2D eigenvalue weighted by Crippen LogP contribution is 2.37. The molecule has 1 saturated carbocycles. The van der Waals surface area contributed by atoms with E-state index in [0.717, 1.165) is 29.8 Å². The van der Waals surface area contributed by atoms with Crippen LogP contribution in [0.25, 0.3) is 11.2 Å². The Morgan fingerprint density at radius 2 is 2.33 bits per heavy atom. The second-order valence-corrected chi connectivity index (χ2v) is 5.70. The number of pyridine rings is 1. The molecule has 0 bridgehead atoms. The van der Waals surface area contributed by atoms with E-state index >= 15 is 0 Å². The van der Waals surface area contributed by atoms with E-state index in [1.807, 2.05) is 13.1 Å². The lowest BCUT2D eigenvalue weighted by molar-refractivity contribution is 0.225. The van der Waals surface area contributed by atoms with Gasteiger partial charge in [0.25, 0.3) is 0 Å². The molecule has 0 aliphatic heterocycles. The SMILES string of the molecule is CC1CCCC(N)(c2nc3ncccc3n2C)C1. The molecule has 3 rings (SSSR count). The van der Waals surface area contributed by atoms with E-state index in [-0.39, 0.29) is 5.54 Å². The average Bonchev–Trinajstić information content (AvgIpc) is 2.68. The molecule has 4 heteroatoms. The van der Waals surface area contributed by atoms with Crippen LogP contribution in [-0.2, 0) is 12.6 Å².